The van der Waals surface area contributed by atoms with Gasteiger partial charge >= 0.3 is 12.4 Å². The van der Waals surface area contributed by atoms with Crippen molar-refractivity contribution in [1.29, 1.82) is 0 Å². The highest BCUT2D eigenvalue weighted by atomic mass is 19.4. The first-order chi connectivity index (χ1) is 8.03. The molecule has 18 heavy (non-hydrogen) atoms. The highest BCUT2D eigenvalue weighted by Crippen LogP contribution is 2.46. The molecule has 0 N–H and O–H groups in total. The van der Waals surface area contributed by atoms with Crippen molar-refractivity contribution >= 4 is 5.69 Å². The van der Waals surface area contributed by atoms with Crippen LogP contribution < -0.4 is 0 Å². The summed E-state index contributed by atoms with van der Waals surface area (Å²) in [7, 11) is 0. The number of nitrogens with zero attached hydrogens (tertiary/aromatic N) is 1. The van der Waals surface area contributed by atoms with Gasteiger partial charge in [0, 0.05) is 12.1 Å². The van der Waals surface area contributed by atoms with Gasteiger partial charge in [0.05, 0.1) is 4.92 Å². The van der Waals surface area contributed by atoms with E-state index in [9.17, 15) is 36.5 Å². The molecule has 0 saturated heterocycles. The van der Waals surface area contributed by atoms with Crippen LogP contribution in [0.1, 0.15) is 11.5 Å². The SMILES string of the molecule is O=[N+]([O-])c1ccc(C(C(F)(F)F)C(F)(F)F)cc1. The number of non-ortho nitro benzene ring substituents is 1. The molecule has 9 heteroatoms. The average Bonchev–Trinajstić information content (AvgIpc) is 2.13. The van der Waals surface area contributed by atoms with E-state index >= 15 is 0 Å². The quantitative estimate of drug-likeness (QED) is 0.467. The monoisotopic (exact) mass is 273 g/mol. The third-order valence-electron chi connectivity index (χ3n) is 2.09. The van der Waals surface area contributed by atoms with Crippen LogP contribution in [0, 0.1) is 10.1 Å². The lowest BCUT2D eigenvalue weighted by Gasteiger charge is -2.23. The number of halogens is 6. The largest absolute Gasteiger partial charge is 0.404 e. The molecule has 0 aromatic heterocycles. The van der Waals surface area contributed by atoms with Crippen molar-refractivity contribution in [3.63, 3.8) is 0 Å². The Balaban J connectivity index is 3.20. The van der Waals surface area contributed by atoms with E-state index < -0.39 is 34.4 Å². The second kappa shape index (κ2) is 4.46. The molecule has 0 aliphatic heterocycles. The van der Waals surface area contributed by atoms with Gasteiger partial charge in [-0.05, 0) is 5.56 Å². The fourth-order valence-corrected chi connectivity index (χ4v) is 1.35. The highest BCUT2D eigenvalue weighted by molar-refractivity contribution is 5.35. The molecule has 0 fully saturated rings. The Hall–Kier alpha value is -1.80. The van der Waals surface area contributed by atoms with Crippen LogP contribution in [0.4, 0.5) is 32.0 Å². The summed E-state index contributed by atoms with van der Waals surface area (Å²) >= 11 is 0. The van der Waals surface area contributed by atoms with Gasteiger partial charge in [0.15, 0.2) is 5.92 Å². The van der Waals surface area contributed by atoms with Crippen LogP contribution in [0.3, 0.4) is 0 Å². The van der Waals surface area contributed by atoms with Crippen molar-refractivity contribution in [3.05, 3.63) is 39.9 Å². The minimum Gasteiger partial charge on any atom is -0.258 e. The molecular formula is C9H5F6NO2. The van der Waals surface area contributed by atoms with Crippen LogP contribution in [0.2, 0.25) is 0 Å². The summed E-state index contributed by atoms with van der Waals surface area (Å²) in [6.07, 6.45) is -11.0. The number of hydrogen-bond acceptors (Lipinski definition) is 2. The molecule has 0 spiro atoms. The molecule has 1 aromatic rings. The van der Waals surface area contributed by atoms with E-state index in [-0.39, 0.29) is 0 Å². The summed E-state index contributed by atoms with van der Waals surface area (Å²) in [4.78, 5) is 9.32. The second-order valence-corrected chi connectivity index (χ2v) is 3.36. The van der Waals surface area contributed by atoms with E-state index in [0.29, 0.717) is 24.3 Å². The minimum absolute atomic E-state index is 0.448. The van der Waals surface area contributed by atoms with Crippen LogP contribution in [-0.2, 0) is 0 Å². The molecule has 0 unspecified atom stereocenters. The molecule has 0 amide bonds. The molecule has 100 valence electrons. The maximum atomic E-state index is 12.3. The van der Waals surface area contributed by atoms with Crippen molar-refractivity contribution in [1.82, 2.24) is 0 Å². The first kappa shape index (κ1) is 14.3. The average molecular weight is 273 g/mol. The van der Waals surface area contributed by atoms with Gasteiger partial charge in [-0.3, -0.25) is 10.1 Å². The van der Waals surface area contributed by atoms with Crippen molar-refractivity contribution in [2.24, 2.45) is 0 Å². The fraction of sp³-hybridized carbons (Fsp3) is 0.333. The number of alkyl halides is 6. The first-order valence-electron chi connectivity index (χ1n) is 4.41. The Labute approximate surface area is 96.2 Å². The first-order valence-corrected chi connectivity index (χ1v) is 4.41. The van der Waals surface area contributed by atoms with E-state index in [1.165, 1.54) is 0 Å². The lowest BCUT2D eigenvalue weighted by Crippen LogP contribution is -2.34. The molecule has 1 rings (SSSR count). The molecule has 0 heterocycles. The van der Waals surface area contributed by atoms with Crippen molar-refractivity contribution in [2.75, 3.05) is 0 Å². The van der Waals surface area contributed by atoms with E-state index in [4.69, 9.17) is 0 Å². The van der Waals surface area contributed by atoms with E-state index in [0.717, 1.165) is 0 Å². The van der Waals surface area contributed by atoms with Crippen molar-refractivity contribution in [3.8, 4) is 0 Å². The zero-order valence-electron chi connectivity index (χ0n) is 8.42. The lowest BCUT2D eigenvalue weighted by atomic mass is 9.98. The van der Waals surface area contributed by atoms with Crippen LogP contribution in [0.5, 0.6) is 0 Å². The maximum Gasteiger partial charge on any atom is 0.404 e. The van der Waals surface area contributed by atoms with Crippen LogP contribution in [0.15, 0.2) is 24.3 Å². The summed E-state index contributed by atoms with van der Waals surface area (Å²) in [5, 5.41) is 10.2. The van der Waals surface area contributed by atoms with E-state index in [1.54, 1.807) is 0 Å². The number of nitro benzene ring substituents is 1. The predicted molar refractivity (Wildman–Crippen MR) is 47.9 cm³/mol. The maximum absolute atomic E-state index is 12.3. The summed E-state index contributed by atoms with van der Waals surface area (Å²) in [5.74, 6) is -3.65. The Morgan fingerprint density at radius 1 is 0.944 bits per heavy atom. The number of rotatable bonds is 2. The van der Waals surface area contributed by atoms with Gasteiger partial charge in [0.25, 0.3) is 5.69 Å². The van der Waals surface area contributed by atoms with E-state index in [2.05, 4.69) is 0 Å². The third kappa shape index (κ3) is 3.11. The zero-order chi connectivity index (χ0) is 14.1. The Morgan fingerprint density at radius 2 is 1.33 bits per heavy atom. The molecular weight excluding hydrogens is 268 g/mol. The van der Waals surface area contributed by atoms with Gasteiger partial charge in [-0.15, -0.1) is 0 Å². The Morgan fingerprint density at radius 3 is 1.61 bits per heavy atom. The van der Waals surface area contributed by atoms with Crippen molar-refractivity contribution in [2.45, 2.75) is 18.3 Å². The van der Waals surface area contributed by atoms with Crippen LogP contribution in [-0.4, -0.2) is 17.3 Å². The second-order valence-electron chi connectivity index (χ2n) is 3.36. The standard InChI is InChI=1S/C9H5F6NO2/c10-8(11,12)7(9(13,14)15)5-1-3-6(4-2-5)16(17)18/h1-4,7H. The minimum atomic E-state index is -5.51. The number of nitro groups is 1. The summed E-state index contributed by atoms with van der Waals surface area (Å²) in [6.45, 7) is 0. The van der Waals surface area contributed by atoms with Gasteiger partial charge < -0.3 is 0 Å². The van der Waals surface area contributed by atoms with Gasteiger partial charge in [0.2, 0.25) is 0 Å². The van der Waals surface area contributed by atoms with Gasteiger partial charge in [-0.25, -0.2) is 0 Å². The molecule has 0 saturated carbocycles. The molecule has 1 aromatic carbocycles. The summed E-state index contributed by atoms with van der Waals surface area (Å²) in [6, 6.07) is 2.09. The predicted octanol–water partition coefficient (Wildman–Crippen LogP) is 3.80. The molecule has 0 radical (unpaired) electrons. The Kier molecular flexibility index (Phi) is 3.54. The van der Waals surface area contributed by atoms with Gasteiger partial charge in [0.1, 0.15) is 0 Å². The normalized spacial score (nSPS) is 12.8. The smallest absolute Gasteiger partial charge is 0.258 e. The highest BCUT2D eigenvalue weighted by Gasteiger charge is 2.57. The number of hydrogen-bond donors (Lipinski definition) is 0. The van der Waals surface area contributed by atoms with E-state index in [1.807, 2.05) is 0 Å². The summed E-state index contributed by atoms with van der Waals surface area (Å²) < 4.78 is 73.8. The fourth-order valence-electron chi connectivity index (χ4n) is 1.35. The molecule has 0 aliphatic carbocycles. The molecule has 0 bridgehead atoms. The molecule has 0 aliphatic rings. The number of benzene rings is 1. The van der Waals surface area contributed by atoms with Gasteiger partial charge in [-0.2, -0.15) is 26.3 Å². The Bertz CT molecular complexity index is 422. The summed E-state index contributed by atoms with van der Waals surface area (Å²) in [5.41, 5.74) is -1.66. The van der Waals surface area contributed by atoms with Crippen LogP contribution >= 0.6 is 0 Å². The van der Waals surface area contributed by atoms with Gasteiger partial charge in [-0.1, -0.05) is 12.1 Å². The molecule has 0 atom stereocenters. The lowest BCUT2D eigenvalue weighted by molar-refractivity contribution is -0.384. The molecule has 3 nitrogen and oxygen atoms in total. The van der Waals surface area contributed by atoms with Crippen molar-refractivity contribution < 1.29 is 31.3 Å². The zero-order valence-corrected chi connectivity index (χ0v) is 8.42. The van der Waals surface area contributed by atoms with Crippen LogP contribution in [0.25, 0.3) is 0 Å². The topological polar surface area (TPSA) is 43.1 Å². The third-order valence-corrected chi connectivity index (χ3v) is 2.09.